The van der Waals surface area contributed by atoms with Crippen molar-refractivity contribution >= 4 is 28.8 Å². The van der Waals surface area contributed by atoms with Crippen molar-refractivity contribution in [3.63, 3.8) is 0 Å². The second-order valence-electron chi connectivity index (χ2n) is 5.28. The van der Waals surface area contributed by atoms with Crippen molar-refractivity contribution in [1.29, 1.82) is 0 Å². The van der Waals surface area contributed by atoms with Crippen molar-refractivity contribution in [2.24, 2.45) is 5.73 Å². The molecule has 24 heavy (non-hydrogen) atoms. The van der Waals surface area contributed by atoms with E-state index in [0.29, 0.717) is 34.0 Å². The summed E-state index contributed by atoms with van der Waals surface area (Å²) in [6.07, 6.45) is 4.98. The van der Waals surface area contributed by atoms with Crippen LogP contribution in [0.4, 0.5) is 5.69 Å². The number of methoxy groups -OCH3 is 1. The Morgan fingerprint density at radius 1 is 1.33 bits per heavy atom. The molecule has 7 heteroatoms. The van der Waals surface area contributed by atoms with Gasteiger partial charge in [-0.3, -0.25) is 9.59 Å². The summed E-state index contributed by atoms with van der Waals surface area (Å²) in [5.41, 5.74) is 6.80. The van der Waals surface area contributed by atoms with Gasteiger partial charge in [0.15, 0.2) is 5.75 Å². The molecule has 0 fully saturated rings. The van der Waals surface area contributed by atoms with Crippen molar-refractivity contribution < 1.29 is 14.3 Å². The highest BCUT2D eigenvalue weighted by molar-refractivity contribution is 7.13. The number of anilines is 1. The first kappa shape index (κ1) is 17.9. The molecule has 2 amide bonds. The maximum atomic E-state index is 12.1. The molecule has 0 radical (unpaired) electrons. The molecule has 6 nitrogen and oxygen atoms in total. The zero-order valence-electron chi connectivity index (χ0n) is 13.8. The number of unbranched alkanes of at least 4 members (excludes halogenated alkanes) is 2. The molecule has 0 aliphatic carbocycles. The van der Waals surface area contributed by atoms with Crippen molar-refractivity contribution in [1.82, 2.24) is 4.98 Å². The van der Waals surface area contributed by atoms with Crippen LogP contribution in [-0.4, -0.2) is 23.9 Å². The number of nitrogens with one attached hydrogen (secondary N) is 1. The van der Waals surface area contributed by atoms with Gasteiger partial charge in [-0.1, -0.05) is 19.8 Å². The number of hydrogen-bond donors (Lipinski definition) is 2. The molecule has 0 unspecified atom stereocenters. The lowest BCUT2D eigenvalue weighted by Crippen LogP contribution is -2.16. The van der Waals surface area contributed by atoms with E-state index in [1.165, 1.54) is 18.4 Å². The van der Waals surface area contributed by atoms with Crippen molar-refractivity contribution in [3.8, 4) is 16.3 Å². The third-order valence-corrected chi connectivity index (χ3v) is 4.35. The molecule has 1 heterocycles. The van der Waals surface area contributed by atoms with Gasteiger partial charge in [0.2, 0.25) is 11.8 Å². The molecule has 0 saturated heterocycles. The van der Waals surface area contributed by atoms with Gasteiger partial charge < -0.3 is 15.8 Å². The van der Waals surface area contributed by atoms with E-state index < -0.39 is 5.91 Å². The lowest BCUT2D eigenvalue weighted by atomic mass is 10.0. The minimum atomic E-state index is -0.570. The van der Waals surface area contributed by atoms with E-state index in [1.54, 1.807) is 23.7 Å². The quantitative estimate of drug-likeness (QED) is 0.715. The van der Waals surface area contributed by atoms with Gasteiger partial charge in [0.1, 0.15) is 5.01 Å². The fraction of sp³-hybridized carbons (Fsp3) is 0.353. The molecule has 2 rings (SSSR count). The van der Waals surface area contributed by atoms with Crippen LogP contribution in [0.5, 0.6) is 5.75 Å². The molecular weight excluding hydrogens is 326 g/mol. The Morgan fingerprint density at radius 2 is 2.12 bits per heavy atom. The van der Waals surface area contributed by atoms with Crippen LogP contribution in [0.15, 0.2) is 23.7 Å². The molecule has 0 saturated carbocycles. The van der Waals surface area contributed by atoms with E-state index in [-0.39, 0.29) is 5.91 Å². The summed E-state index contributed by atoms with van der Waals surface area (Å²) in [5, 5.41) is 5.26. The normalized spacial score (nSPS) is 10.4. The molecule has 3 N–H and O–H groups in total. The van der Waals surface area contributed by atoms with Crippen molar-refractivity contribution in [2.75, 3.05) is 12.4 Å². The predicted molar refractivity (Wildman–Crippen MR) is 95.4 cm³/mol. The first-order chi connectivity index (χ1) is 11.6. The number of primary amides is 1. The summed E-state index contributed by atoms with van der Waals surface area (Å²) in [5.74, 6) is -0.261. The number of nitrogens with two attached hydrogens (primary N) is 1. The second kappa shape index (κ2) is 8.44. The zero-order valence-corrected chi connectivity index (χ0v) is 14.6. The summed E-state index contributed by atoms with van der Waals surface area (Å²) in [6.45, 7) is 2.09. The molecule has 1 aromatic carbocycles. The highest BCUT2D eigenvalue weighted by Crippen LogP contribution is 2.40. The Balaban J connectivity index is 2.38. The van der Waals surface area contributed by atoms with Crippen LogP contribution in [0, 0.1) is 0 Å². The molecule has 0 atom stereocenters. The highest BCUT2D eigenvalue weighted by atomic mass is 32.1. The Kier molecular flexibility index (Phi) is 6.31. The number of carbonyl (C=O) groups is 2. The molecule has 128 valence electrons. The van der Waals surface area contributed by atoms with E-state index in [9.17, 15) is 9.59 Å². The van der Waals surface area contributed by atoms with E-state index >= 15 is 0 Å². The van der Waals surface area contributed by atoms with Gasteiger partial charge in [-0.25, -0.2) is 4.98 Å². The van der Waals surface area contributed by atoms with Crippen LogP contribution >= 0.6 is 11.3 Å². The zero-order chi connectivity index (χ0) is 17.5. The molecule has 2 aromatic rings. The van der Waals surface area contributed by atoms with Gasteiger partial charge in [0, 0.05) is 18.0 Å². The summed E-state index contributed by atoms with van der Waals surface area (Å²) in [4.78, 5) is 28.1. The van der Waals surface area contributed by atoms with E-state index in [1.807, 2.05) is 0 Å². The number of benzene rings is 1. The third-order valence-electron chi connectivity index (χ3n) is 3.55. The lowest BCUT2D eigenvalue weighted by Gasteiger charge is -2.15. The van der Waals surface area contributed by atoms with Gasteiger partial charge in [0.05, 0.1) is 23.9 Å². The number of nitrogens with zero attached hydrogens (tertiary/aromatic N) is 1. The average Bonchev–Trinajstić information content (AvgIpc) is 3.08. The van der Waals surface area contributed by atoms with Crippen LogP contribution in [0.3, 0.4) is 0 Å². The smallest absolute Gasteiger partial charge is 0.249 e. The predicted octanol–water partition coefficient (Wildman–Crippen LogP) is 3.44. The van der Waals surface area contributed by atoms with Crippen LogP contribution in [0.1, 0.15) is 43.0 Å². The van der Waals surface area contributed by atoms with E-state index in [4.69, 9.17) is 10.5 Å². The second-order valence-corrected chi connectivity index (χ2v) is 6.17. The fourth-order valence-electron chi connectivity index (χ4n) is 2.41. The fourth-order valence-corrected chi connectivity index (χ4v) is 3.10. The first-order valence-electron chi connectivity index (χ1n) is 7.79. The topological polar surface area (TPSA) is 94.3 Å². The van der Waals surface area contributed by atoms with Crippen LogP contribution in [0.2, 0.25) is 0 Å². The number of aromatic nitrogens is 1. The highest BCUT2D eigenvalue weighted by Gasteiger charge is 2.21. The number of ether oxygens (including phenoxy) is 1. The Labute approximate surface area is 145 Å². The summed E-state index contributed by atoms with van der Waals surface area (Å²) >= 11 is 1.37. The molecule has 0 bridgehead atoms. The van der Waals surface area contributed by atoms with Crippen molar-refractivity contribution in [2.45, 2.75) is 32.6 Å². The van der Waals surface area contributed by atoms with E-state index in [0.717, 1.165) is 19.3 Å². The maximum Gasteiger partial charge on any atom is 0.249 e. The Bertz CT molecular complexity index is 714. The lowest BCUT2D eigenvalue weighted by molar-refractivity contribution is -0.116. The maximum absolute atomic E-state index is 12.1. The number of hydrogen-bond acceptors (Lipinski definition) is 5. The summed E-state index contributed by atoms with van der Waals surface area (Å²) < 4.78 is 5.46. The monoisotopic (exact) mass is 347 g/mol. The molecule has 0 aliphatic heterocycles. The molecule has 0 aliphatic rings. The van der Waals surface area contributed by atoms with Crippen LogP contribution < -0.4 is 15.8 Å². The van der Waals surface area contributed by atoms with Crippen LogP contribution in [0.25, 0.3) is 10.6 Å². The van der Waals surface area contributed by atoms with E-state index in [2.05, 4.69) is 17.2 Å². The standard InChI is InChI=1S/C17H21N3O3S/c1-3-4-5-6-13(21)20-12-8-7-11(16(18)22)14(15(12)23-2)17-19-9-10-24-17/h7-10H,3-6H2,1-2H3,(H2,18,22)(H,20,21). The number of thiazole rings is 1. The summed E-state index contributed by atoms with van der Waals surface area (Å²) in [7, 11) is 1.49. The van der Waals surface area contributed by atoms with Gasteiger partial charge >= 0.3 is 0 Å². The Hall–Kier alpha value is -2.41. The molecule has 0 spiro atoms. The first-order valence-corrected chi connectivity index (χ1v) is 8.67. The molecular formula is C17H21N3O3S. The Morgan fingerprint density at radius 3 is 2.71 bits per heavy atom. The van der Waals surface area contributed by atoms with Gasteiger partial charge in [-0.15, -0.1) is 11.3 Å². The minimum absolute atomic E-state index is 0.0846. The average molecular weight is 347 g/mol. The number of carbonyl (C=O) groups excluding carboxylic acids is 2. The van der Waals surface area contributed by atoms with Crippen LogP contribution in [-0.2, 0) is 4.79 Å². The molecule has 1 aromatic heterocycles. The van der Waals surface area contributed by atoms with Gasteiger partial charge in [-0.2, -0.15) is 0 Å². The minimum Gasteiger partial charge on any atom is -0.494 e. The SMILES string of the molecule is CCCCCC(=O)Nc1ccc(C(N)=O)c(-c2nccs2)c1OC. The van der Waals surface area contributed by atoms with Gasteiger partial charge in [0.25, 0.3) is 0 Å². The largest absolute Gasteiger partial charge is 0.494 e. The number of rotatable bonds is 8. The van der Waals surface area contributed by atoms with Gasteiger partial charge in [-0.05, 0) is 18.6 Å². The number of amides is 2. The third kappa shape index (κ3) is 4.11. The summed E-state index contributed by atoms with van der Waals surface area (Å²) in [6, 6.07) is 3.22. The van der Waals surface area contributed by atoms with Crippen molar-refractivity contribution in [3.05, 3.63) is 29.3 Å².